The van der Waals surface area contributed by atoms with Gasteiger partial charge in [0, 0.05) is 12.4 Å². The normalized spacial score (nSPS) is 11.1. The Morgan fingerprint density at radius 3 is 2.74 bits per heavy atom. The highest BCUT2D eigenvalue weighted by atomic mass is 16.6. The molecule has 2 heterocycles. The van der Waals surface area contributed by atoms with Crippen LogP contribution in [0.2, 0.25) is 0 Å². The molecule has 0 saturated carbocycles. The molecule has 2 rings (SSSR count). The van der Waals surface area contributed by atoms with E-state index in [0.29, 0.717) is 17.0 Å². The fourth-order valence-corrected chi connectivity index (χ4v) is 1.46. The number of amides is 1. The third kappa shape index (κ3) is 3.54. The first-order chi connectivity index (χ1) is 8.96. The Labute approximate surface area is 110 Å². The van der Waals surface area contributed by atoms with E-state index in [1.54, 1.807) is 45.4 Å². The summed E-state index contributed by atoms with van der Waals surface area (Å²) in [5, 5.41) is 2.67. The van der Waals surface area contributed by atoms with Crippen LogP contribution in [0, 0.1) is 0 Å². The molecule has 0 unspecified atom stereocenters. The van der Waals surface area contributed by atoms with Crippen molar-refractivity contribution in [2.24, 2.45) is 0 Å². The second kappa shape index (κ2) is 5.09. The molecule has 2 aromatic heterocycles. The van der Waals surface area contributed by atoms with Crippen molar-refractivity contribution in [3.8, 4) is 11.3 Å². The van der Waals surface area contributed by atoms with Crippen molar-refractivity contribution in [2.45, 2.75) is 26.4 Å². The first-order valence-corrected chi connectivity index (χ1v) is 5.78. The maximum absolute atomic E-state index is 11.7. The van der Waals surface area contributed by atoms with E-state index < -0.39 is 11.7 Å². The number of carbonyl (C=O) groups is 1. The van der Waals surface area contributed by atoms with Crippen molar-refractivity contribution in [2.75, 3.05) is 5.32 Å². The lowest BCUT2D eigenvalue weighted by Gasteiger charge is -2.20. The van der Waals surface area contributed by atoms with Gasteiger partial charge in [0.1, 0.15) is 5.60 Å². The van der Waals surface area contributed by atoms with Crippen LogP contribution in [0.3, 0.4) is 0 Å². The second-order valence-electron chi connectivity index (χ2n) is 4.91. The maximum Gasteiger partial charge on any atom is 0.412 e. The number of nitrogens with zero attached hydrogens (tertiary/aromatic N) is 2. The van der Waals surface area contributed by atoms with Gasteiger partial charge in [-0.2, -0.15) is 0 Å². The third-order valence-electron chi connectivity index (χ3n) is 2.15. The molecule has 0 fully saturated rings. The quantitative estimate of drug-likeness (QED) is 0.898. The van der Waals surface area contributed by atoms with Gasteiger partial charge >= 0.3 is 6.09 Å². The van der Waals surface area contributed by atoms with Gasteiger partial charge in [-0.05, 0) is 26.8 Å². The molecule has 0 bridgehead atoms. The predicted molar refractivity (Wildman–Crippen MR) is 69.6 cm³/mol. The first kappa shape index (κ1) is 13.1. The van der Waals surface area contributed by atoms with Gasteiger partial charge in [0.2, 0.25) is 0 Å². The summed E-state index contributed by atoms with van der Waals surface area (Å²) in [6.07, 6.45) is 5.51. The molecule has 0 aliphatic carbocycles. The maximum atomic E-state index is 11.7. The standard InChI is InChI=1S/C13H15N3O3/c1-13(2,3)19-12(17)16-10-4-5-14-6-9(10)11-7-15-8-18-11/h4-8H,1-3H3,(H,14,16,17). The molecule has 0 atom stereocenters. The number of anilines is 1. The fraction of sp³-hybridized carbons (Fsp3) is 0.308. The molecule has 2 aromatic rings. The average molecular weight is 261 g/mol. The molecule has 6 nitrogen and oxygen atoms in total. The summed E-state index contributed by atoms with van der Waals surface area (Å²) in [5.41, 5.74) is 0.649. The van der Waals surface area contributed by atoms with Crippen LogP contribution in [0.4, 0.5) is 10.5 Å². The van der Waals surface area contributed by atoms with Crippen molar-refractivity contribution < 1.29 is 13.9 Å². The summed E-state index contributed by atoms with van der Waals surface area (Å²) in [5.74, 6) is 0.527. The number of oxazole rings is 1. The van der Waals surface area contributed by atoms with Crippen LogP contribution in [-0.2, 0) is 4.74 Å². The third-order valence-corrected chi connectivity index (χ3v) is 2.15. The molecule has 6 heteroatoms. The number of ether oxygens (including phenoxy) is 1. The van der Waals surface area contributed by atoms with Crippen LogP contribution < -0.4 is 5.32 Å². The largest absolute Gasteiger partial charge is 0.444 e. The summed E-state index contributed by atoms with van der Waals surface area (Å²) >= 11 is 0. The van der Waals surface area contributed by atoms with E-state index in [1.165, 1.54) is 6.39 Å². The lowest BCUT2D eigenvalue weighted by molar-refractivity contribution is 0.0636. The Bertz CT molecular complexity index is 559. The van der Waals surface area contributed by atoms with Gasteiger partial charge in [-0.3, -0.25) is 10.3 Å². The summed E-state index contributed by atoms with van der Waals surface area (Å²) in [6.45, 7) is 5.41. The highest BCUT2D eigenvalue weighted by Gasteiger charge is 2.18. The predicted octanol–water partition coefficient (Wildman–Crippen LogP) is 3.08. The molecule has 0 spiro atoms. The lowest BCUT2D eigenvalue weighted by atomic mass is 10.2. The molecular weight excluding hydrogens is 246 g/mol. The van der Waals surface area contributed by atoms with Crippen molar-refractivity contribution in [3.05, 3.63) is 31.1 Å². The number of rotatable bonds is 2. The van der Waals surface area contributed by atoms with Crippen LogP contribution in [0.5, 0.6) is 0 Å². The van der Waals surface area contributed by atoms with Gasteiger partial charge in [0.15, 0.2) is 12.2 Å². The fourth-order valence-electron chi connectivity index (χ4n) is 1.46. The Hall–Kier alpha value is -2.37. The second-order valence-corrected chi connectivity index (χ2v) is 4.91. The van der Waals surface area contributed by atoms with Gasteiger partial charge in [-0.15, -0.1) is 0 Å². The smallest absolute Gasteiger partial charge is 0.412 e. The molecular formula is C13H15N3O3. The highest BCUT2D eigenvalue weighted by molar-refractivity contribution is 5.90. The van der Waals surface area contributed by atoms with Gasteiger partial charge in [-0.1, -0.05) is 0 Å². The van der Waals surface area contributed by atoms with Crippen LogP contribution in [0.25, 0.3) is 11.3 Å². The molecule has 0 aliphatic rings. The van der Waals surface area contributed by atoms with Crippen LogP contribution >= 0.6 is 0 Å². The number of hydrogen-bond donors (Lipinski definition) is 1. The van der Waals surface area contributed by atoms with Crippen molar-refractivity contribution >= 4 is 11.8 Å². The van der Waals surface area contributed by atoms with Gasteiger partial charge < -0.3 is 9.15 Å². The van der Waals surface area contributed by atoms with E-state index >= 15 is 0 Å². The van der Waals surface area contributed by atoms with Crippen LogP contribution in [0.1, 0.15) is 20.8 Å². The average Bonchev–Trinajstić information content (AvgIpc) is 2.80. The number of nitrogens with one attached hydrogen (secondary N) is 1. The summed E-state index contributed by atoms with van der Waals surface area (Å²) in [7, 11) is 0. The zero-order valence-electron chi connectivity index (χ0n) is 11.0. The topological polar surface area (TPSA) is 77.2 Å². The van der Waals surface area contributed by atoms with E-state index in [-0.39, 0.29) is 0 Å². The Morgan fingerprint density at radius 2 is 2.11 bits per heavy atom. The Morgan fingerprint density at radius 1 is 1.32 bits per heavy atom. The molecule has 0 aliphatic heterocycles. The SMILES string of the molecule is CC(C)(C)OC(=O)Nc1ccncc1-c1cnco1. The lowest BCUT2D eigenvalue weighted by Crippen LogP contribution is -2.27. The van der Waals surface area contributed by atoms with E-state index in [2.05, 4.69) is 15.3 Å². The molecule has 1 N–H and O–H groups in total. The van der Waals surface area contributed by atoms with Gasteiger partial charge in [-0.25, -0.2) is 9.78 Å². The number of aromatic nitrogens is 2. The van der Waals surface area contributed by atoms with E-state index in [4.69, 9.17) is 9.15 Å². The van der Waals surface area contributed by atoms with E-state index in [1.807, 2.05) is 0 Å². The van der Waals surface area contributed by atoms with Gasteiger partial charge in [0.05, 0.1) is 17.4 Å². The number of carbonyl (C=O) groups excluding carboxylic acids is 1. The summed E-state index contributed by atoms with van der Waals surface area (Å²) in [6, 6.07) is 1.67. The molecule has 100 valence electrons. The van der Waals surface area contributed by atoms with Crippen molar-refractivity contribution in [1.29, 1.82) is 0 Å². The van der Waals surface area contributed by atoms with Crippen molar-refractivity contribution in [1.82, 2.24) is 9.97 Å². The minimum atomic E-state index is -0.552. The van der Waals surface area contributed by atoms with E-state index in [0.717, 1.165) is 0 Å². The van der Waals surface area contributed by atoms with Crippen LogP contribution in [0.15, 0.2) is 35.5 Å². The number of hydrogen-bond acceptors (Lipinski definition) is 5. The number of pyridine rings is 1. The molecule has 0 aromatic carbocycles. The minimum Gasteiger partial charge on any atom is -0.444 e. The molecule has 1 amide bonds. The summed E-state index contributed by atoms with van der Waals surface area (Å²) < 4.78 is 10.4. The van der Waals surface area contributed by atoms with E-state index in [9.17, 15) is 4.79 Å². The van der Waals surface area contributed by atoms with Gasteiger partial charge in [0.25, 0.3) is 0 Å². The van der Waals surface area contributed by atoms with Crippen molar-refractivity contribution in [3.63, 3.8) is 0 Å². The zero-order valence-corrected chi connectivity index (χ0v) is 11.0. The molecule has 0 radical (unpaired) electrons. The van der Waals surface area contributed by atoms with Crippen LogP contribution in [-0.4, -0.2) is 21.7 Å². The Kier molecular flexibility index (Phi) is 3.50. The Balaban J connectivity index is 2.20. The molecule has 19 heavy (non-hydrogen) atoms. The minimum absolute atomic E-state index is 0.527. The first-order valence-electron chi connectivity index (χ1n) is 5.78. The summed E-state index contributed by atoms with van der Waals surface area (Å²) in [4.78, 5) is 19.6. The zero-order chi connectivity index (χ0) is 13.9. The monoisotopic (exact) mass is 261 g/mol. The molecule has 0 saturated heterocycles. The highest BCUT2D eigenvalue weighted by Crippen LogP contribution is 2.26.